The quantitative estimate of drug-likeness (QED) is 0.409. The molecule has 4 aromatic rings. The molecule has 0 aliphatic carbocycles. The van der Waals surface area contributed by atoms with Crippen molar-refractivity contribution in [3.63, 3.8) is 0 Å². The molecule has 0 unspecified atom stereocenters. The fourth-order valence-corrected chi connectivity index (χ4v) is 5.21. The number of carbonyl (C=O) groups is 2. The van der Waals surface area contributed by atoms with Crippen LogP contribution < -0.4 is 10.1 Å². The molecule has 0 saturated heterocycles. The van der Waals surface area contributed by atoms with Crippen molar-refractivity contribution in [2.75, 3.05) is 11.9 Å². The first-order valence-corrected chi connectivity index (χ1v) is 11.8. The highest BCUT2D eigenvalue weighted by molar-refractivity contribution is 6.04. The fourth-order valence-electron chi connectivity index (χ4n) is 5.21. The van der Waals surface area contributed by atoms with Crippen LogP contribution in [0.2, 0.25) is 0 Å². The van der Waals surface area contributed by atoms with Crippen molar-refractivity contribution in [1.29, 1.82) is 0 Å². The fraction of sp³-hybridized carbons (Fsp3) is 0.133. The van der Waals surface area contributed by atoms with Crippen LogP contribution in [0.1, 0.15) is 39.0 Å². The summed E-state index contributed by atoms with van der Waals surface area (Å²) in [5, 5.41) is 3.09. The van der Waals surface area contributed by atoms with Crippen molar-refractivity contribution >= 4 is 17.5 Å². The molecule has 0 fully saturated rings. The second-order valence-electron chi connectivity index (χ2n) is 8.89. The summed E-state index contributed by atoms with van der Waals surface area (Å²) in [6.45, 7) is 0.601. The summed E-state index contributed by atoms with van der Waals surface area (Å²) < 4.78 is 5.87. The molecule has 2 amide bonds. The lowest BCUT2D eigenvalue weighted by molar-refractivity contribution is -0.119. The number of amides is 2. The molecule has 0 spiro atoms. The molecule has 5 heteroatoms. The maximum Gasteiger partial charge on any atom is 0.254 e. The van der Waals surface area contributed by atoms with Gasteiger partial charge >= 0.3 is 0 Å². The van der Waals surface area contributed by atoms with Gasteiger partial charge < -0.3 is 15.0 Å². The van der Waals surface area contributed by atoms with E-state index in [9.17, 15) is 9.59 Å². The van der Waals surface area contributed by atoms with Crippen LogP contribution in [0, 0.1) is 0 Å². The maximum atomic E-state index is 13.8. The summed E-state index contributed by atoms with van der Waals surface area (Å²) in [6.07, 6.45) is 0.789. The van der Waals surface area contributed by atoms with Crippen molar-refractivity contribution in [3.8, 4) is 11.5 Å². The summed E-state index contributed by atoms with van der Waals surface area (Å²) in [6, 6.07) is 32.2. The number of rotatable bonds is 4. The third-order valence-corrected chi connectivity index (χ3v) is 6.82. The monoisotopic (exact) mass is 460 g/mol. The molecule has 0 radical (unpaired) electrons. The van der Waals surface area contributed by atoms with Crippen LogP contribution in [-0.2, 0) is 11.2 Å². The number of benzene rings is 4. The van der Waals surface area contributed by atoms with Gasteiger partial charge in [0, 0.05) is 17.8 Å². The van der Waals surface area contributed by atoms with Gasteiger partial charge in [-0.3, -0.25) is 9.59 Å². The summed E-state index contributed by atoms with van der Waals surface area (Å²) in [4.78, 5) is 29.0. The minimum Gasteiger partial charge on any atom is -0.457 e. The number of hydrogen-bond donors (Lipinski definition) is 1. The molecule has 6 rings (SSSR count). The predicted octanol–water partition coefficient (Wildman–Crippen LogP) is 5.95. The second-order valence-corrected chi connectivity index (χ2v) is 8.89. The summed E-state index contributed by atoms with van der Waals surface area (Å²) in [5.41, 5.74) is 4.31. The number of para-hydroxylation sites is 1. The van der Waals surface area contributed by atoms with Crippen LogP contribution in [0.3, 0.4) is 0 Å². The number of nitrogens with zero attached hydrogens (tertiary/aromatic N) is 1. The third kappa shape index (κ3) is 3.85. The predicted molar refractivity (Wildman–Crippen MR) is 135 cm³/mol. The van der Waals surface area contributed by atoms with Crippen molar-refractivity contribution in [1.82, 2.24) is 4.90 Å². The average molecular weight is 461 g/mol. The molecule has 35 heavy (non-hydrogen) atoms. The number of hydrogen-bond acceptors (Lipinski definition) is 3. The number of anilines is 1. The molecular formula is C30H24N2O3. The molecule has 1 N–H and O–H groups in total. The Morgan fingerprint density at radius 2 is 1.43 bits per heavy atom. The van der Waals surface area contributed by atoms with Gasteiger partial charge in [0.15, 0.2) is 0 Å². The molecule has 2 aliphatic heterocycles. The smallest absolute Gasteiger partial charge is 0.254 e. The van der Waals surface area contributed by atoms with E-state index in [0.29, 0.717) is 23.5 Å². The van der Waals surface area contributed by atoms with Crippen LogP contribution >= 0.6 is 0 Å². The van der Waals surface area contributed by atoms with E-state index in [-0.39, 0.29) is 17.9 Å². The standard InChI is InChI=1S/C30H24N2O3/c33-29(31-21-14-16-23(17-15-21)35-22-9-2-1-3-10-22)27-25-12-6-7-13-26(25)30(34)32-19-18-20-8-4-5-11-24(20)28(27)32/h1-17,27-28H,18-19H2,(H,31,33)/t27-,28+/m0/s1. The van der Waals surface area contributed by atoms with E-state index in [0.717, 1.165) is 23.3 Å². The first-order chi connectivity index (χ1) is 17.2. The van der Waals surface area contributed by atoms with Crippen molar-refractivity contribution in [3.05, 3.63) is 125 Å². The minimum absolute atomic E-state index is 0.00781. The maximum absolute atomic E-state index is 13.8. The van der Waals surface area contributed by atoms with Crippen LogP contribution in [0.15, 0.2) is 103 Å². The Morgan fingerprint density at radius 1 is 0.771 bits per heavy atom. The van der Waals surface area contributed by atoms with E-state index in [1.54, 1.807) is 0 Å². The van der Waals surface area contributed by atoms with E-state index in [4.69, 9.17) is 4.74 Å². The van der Waals surface area contributed by atoms with E-state index in [1.165, 1.54) is 5.56 Å². The molecule has 4 aromatic carbocycles. The molecular weight excluding hydrogens is 436 g/mol. The molecule has 2 heterocycles. The molecule has 0 aromatic heterocycles. The lowest BCUT2D eigenvalue weighted by Crippen LogP contribution is -2.49. The SMILES string of the molecule is O=C(Nc1ccc(Oc2ccccc2)cc1)[C@H]1c2ccccc2C(=O)N2CCc3ccccc3[C@H]12. The molecule has 0 saturated carbocycles. The van der Waals surface area contributed by atoms with E-state index < -0.39 is 5.92 Å². The van der Waals surface area contributed by atoms with Gasteiger partial charge in [0.2, 0.25) is 5.91 Å². The second kappa shape index (κ2) is 8.76. The molecule has 2 aliphatic rings. The zero-order valence-corrected chi connectivity index (χ0v) is 19.1. The van der Waals surface area contributed by atoms with Crippen molar-refractivity contribution in [2.45, 2.75) is 18.4 Å². The van der Waals surface area contributed by atoms with Crippen LogP contribution in [0.4, 0.5) is 5.69 Å². The summed E-state index contributed by atoms with van der Waals surface area (Å²) >= 11 is 0. The highest BCUT2D eigenvalue weighted by Crippen LogP contribution is 2.46. The van der Waals surface area contributed by atoms with Crippen LogP contribution in [-0.4, -0.2) is 23.3 Å². The highest BCUT2D eigenvalue weighted by atomic mass is 16.5. The van der Waals surface area contributed by atoms with E-state index in [1.807, 2.05) is 102 Å². The molecule has 2 atom stereocenters. The first-order valence-electron chi connectivity index (χ1n) is 11.8. The van der Waals surface area contributed by atoms with Gasteiger partial charge in [-0.2, -0.15) is 0 Å². The van der Waals surface area contributed by atoms with Gasteiger partial charge in [-0.1, -0.05) is 60.7 Å². The third-order valence-electron chi connectivity index (χ3n) is 6.82. The minimum atomic E-state index is -0.509. The molecule has 172 valence electrons. The Morgan fingerprint density at radius 3 is 2.23 bits per heavy atom. The average Bonchev–Trinajstić information content (AvgIpc) is 2.90. The van der Waals surface area contributed by atoms with Gasteiger partial charge in [-0.25, -0.2) is 0 Å². The summed E-state index contributed by atoms with van der Waals surface area (Å²) in [7, 11) is 0. The molecule has 0 bridgehead atoms. The Kier molecular flexibility index (Phi) is 5.30. The lowest BCUT2D eigenvalue weighted by atomic mass is 9.76. The molecule has 5 nitrogen and oxygen atoms in total. The lowest BCUT2D eigenvalue weighted by Gasteiger charge is -2.45. The van der Waals surface area contributed by atoms with Crippen molar-refractivity contribution in [2.24, 2.45) is 0 Å². The Bertz CT molecular complexity index is 1400. The number of fused-ring (bicyclic) bond motifs is 4. The van der Waals surface area contributed by atoms with Gasteiger partial charge in [0.1, 0.15) is 11.5 Å². The zero-order valence-electron chi connectivity index (χ0n) is 19.1. The Labute approximate surface area is 204 Å². The van der Waals surface area contributed by atoms with Crippen LogP contribution in [0.25, 0.3) is 0 Å². The van der Waals surface area contributed by atoms with Gasteiger partial charge in [-0.05, 0) is 65.6 Å². The van der Waals surface area contributed by atoms with Gasteiger partial charge in [0.05, 0.1) is 12.0 Å². The van der Waals surface area contributed by atoms with Gasteiger partial charge in [0.25, 0.3) is 5.91 Å². The zero-order chi connectivity index (χ0) is 23.8. The Balaban J connectivity index is 1.32. The highest BCUT2D eigenvalue weighted by Gasteiger charge is 2.46. The van der Waals surface area contributed by atoms with Crippen LogP contribution in [0.5, 0.6) is 11.5 Å². The van der Waals surface area contributed by atoms with Gasteiger partial charge in [-0.15, -0.1) is 0 Å². The number of nitrogens with one attached hydrogen (secondary N) is 1. The topological polar surface area (TPSA) is 58.6 Å². The first kappa shape index (κ1) is 21.2. The largest absolute Gasteiger partial charge is 0.457 e. The summed E-state index contributed by atoms with van der Waals surface area (Å²) in [5.74, 6) is 0.796. The number of ether oxygens (including phenoxy) is 1. The van der Waals surface area contributed by atoms with Crippen molar-refractivity contribution < 1.29 is 14.3 Å². The van der Waals surface area contributed by atoms with E-state index in [2.05, 4.69) is 11.4 Å². The number of carbonyl (C=O) groups excluding carboxylic acids is 2. The normalized spacial score (nSPS) is 18.2. The Hall–Kier alpha value is -4.38. The van der Waals surface area contributed by atoms with E-state index >= 15 is 0 Å².